The van der Waals surface area contributed by atoms with Crippen LogP contribution in [0.4, 0.5) is 14.5 Å². The Kier molecular flexibility index (Phi) is 3.30. The number of carbonyl (C=O) groups excluding carboxylic acids is 1. The third-order valence-corrected chi connectivity index (χ3v) is 2.74. The predicted molar refractivity (Wildman–Crippen MR) is 65.7 cm³/mol. The Hall–Kier alpha value is -1.94. The van der Waals surface area contributed by atoms with Gasteiger partial charge in [-0.15, -0.1) is 0 Å². The summed E-state index contributed by atoms with van der Waals surface area (Å²) in [6, 6.07) is 7.07. The van der Waals surface area contributed by atoms with Crippen molar-refractivity contribution in [3.63, 3.8) is 0 Å². The van der Waals surface area contributed by atoms with Crippen LogP contribution in [0.2, 0.25) is 5.02 Å². The van der Waals surface area contributed by atoms with Crippen LogP contribution in [0.25, 0.3) is 0 Å². The molecule has 0 radical (unpaired) electrons. The Morgan fingerprint density at radius 2 is 1.78 bits per heavy atom. The molecule has 0 bridgehead atoms. The van der Waals surface area contributed by atoms with Gasteiger partial charge in [-0.05, 0) is 30.3 Å². The van der Waals surface area contributed by atoms with Crippen molar-refractivity contribution in [2.45, 2.75) is 0 Å². The van der Waals surface area contributed by atoms with Gasteiger partial charge in [0.2, 0.25) is 0 Å². The lowest BCUT2D eigenvalue weighted by Gasteiger charge is -2.06. The summed E-state index contributed by atoms with van der Waals surface area (Å²) in [6.07, 6.45) is 0. The highest BCUT2D eigenvalue weighted by atomic mass is 35.5. The summed E-state index contributed by atoms with van der Waals surface area (Å²) in [5.74, 6) is -2.31. The van der Waals surface area contributed by atoms with Gasteiger partial charge in [-0.25, -0.2) is 8.78 Å². The Morgan fingerprint density at radius 3 is 2.44 bits per heavy atom. The third kappa shape index (κ3) is 2.33. The number of nitrogens with two attached hydrogens (primary N) is 1. The van der Waals surface area contributed by atoms with Crippen LogP contribution in [0.5, 0.6) is 0 Å². The first-order chi connectivity index (χ1) is 8.49. The summed E-state index contributed by atoms with van der Waals surface area (Å²) in [5.41, 5.74) is 5.72. The molecule has 0 atom stereocenters. The number of anilines is 1. The maximum absolute atomic E-state index is 13.5. The summed E-state index contributed by atoms with van der Waals surface area (Å²) >= 11 is 5.85. The molecule has 2 aromatic carbocycles. The minimum Gasteiger partial charge on any atom is -0.399 e. The molecule has 0 aliphatic carbocycles. The van der Waals surface area contributed by atoms with Crippen LogP contribution in [-0.4, -0.2) is 5.78 Å². The van der Waals surface area contributed by atoms with Crippen LogP contribution in [0, 0.1) is 11.6 Å². The molecule has 0 fully saturated rings. The van der Waals surface area contributed by atoms with Gasteiger partial charge in [0.15, 0.2) is 5.78 Å². The fraction of sp³-hybridized carbons (Fsp3) is 0. The van der Waals surface area contributed by atoms with Crippen LogP contribution < -0.4 is 5.73 Å². The van der Waals surface area contributed by atoms with E-state index in [0.717, 1.165) is 12.1 Å². The van der Waals surface area contributed by atoms with Crippen LogP contribution in [0.1, 0.15) is 15.9 Å². The number of hydrogen-bond donors (Lipinski definition) is 1. The van der Waals surface area contributed by atoms with Crippen LogP contribution >= 0.6 is 11.6 Å². The van der Waals surface area contributed by atoms with Crippen molar-refractivity contribution in [3.8, 4) is 0 Å². The molecule has 0 aromatic heterocycles. The maximum Gasteiger partial charge on any atom is 0.197 e. The van der Waals surface area contributed by atoms with Crippen LogP contribution in [0.15, 0.2) is 36.4 Å². The first kappa shape index (κ1) is 12.5. The van der Waals surface area contributed by atoms with Crippen LogP contribution in [0.3, 0.4) is 0 Å². The molecule has 2 aromatic rings. The van der Waals surface area contributed by atoms with Gasteiger partial charge in [-0.2, -0.15) is 0 Å². The molecule has 2 rings (SSSR count). The highest BCUT2D eigenvalue weighted by Crippen LogP contribution is 2.23. The molecule has 5 heteroatoms. The van der Waals surface area contributed by atoms with Gasteiger partial charge in [0.1, 0.15) is 11.6 Å². The Bertz CT molecular complexity index is 628. The number of rotatable bonds is 2. The highest BCUT2D eigenvalue weighted by molar-refractivity contribution is 6.35. The van der Waals surface area contributed by atoms with Gasteiger partial charge in [0.05, 0.1) is 10.6 Å². The molecule has 2 nitrogen and oxygen atoms in total. The standard InChI is InChI=1S/C13H8ClF2NO/c14-11-4-2-8(17)6-10(11)13(18)9-3-1-7(15)5-12(9)16/h1-6H,17H2. The van der Waals surface area contributed by atoms with Crippen molar-refractivity contribution >= 4 is 23.1 Å². The van der Waals surface area contributed by atoms with E-state index in [4.69, 9.17) is 17.3 Å². The quantitative estimate of drug-likeness (QED) is 0.669. The monoisotopic (exact) mass is 267 g/mol. The molecule has 0 spiro atoms. The van der Waals surface area contributed by atoms with E-state index in [1.165, 1.54) is 18.2 Å². The first-order valence-electron chi connectivity index (χ1n) is 5.04. The highest BCUT2D eigenvalue weighted by Gasteiger charge is 2.17. The van der Waals surface area contributed by atoms with Crippen molar-refractivity contribution in [2.24, 2.45) is 0 Å². The van der Waals surface area contributed by atoms with Crippen molar-refractivity contribution < 1.29 is 13.6 Å². The van der Waals surface area contributed by atoms with E-state index in [9.17, 15) is 13.6 Å². The fourth-order valence-corrected chi connectivity index (χ4v) is 1.74. The molecule has 2 N–H and O–H groups in total. The molecule has 0 aliphatic heterocycles. The zero-order chi connectivity index (χ0) is 13.3. The lowest BCUT2D eigenvalue weighted by molar-refractivity contribution is 0.103. The second kappa shape index (κ2) is 4.74. The van der Waals surface area contributed by atoms with E-state index < -0.39 is 17.4 Å². The SMILES string of the molecule is Nc1ccc(Cl)c(C(=O)c2ccc(F)cc2F)c1. The molecule has 0 amide bonds. The van der Waals surface area contributed by atoms with Crippen molar-refractivity contribution in [2.75, 3.05) is 5.73 Å². The largest absolute Gasteiger partial charge is 0.399 e. The number of benzene rings is 2. The van der Waals surface area contributed by atoms with E-state index in [-0.39, 0.29) is 16.1 Å². The zero-order valence-electron chi connectivity index (χ0n) is 9.08. The molecule has 18 heavy (non-hydrogen) atoms. The van der Waals surface area contributed by atoms with Crippen LogP contribution in [-0.2, 0) is 0 Å². The zero-order valence-corrected chi connectivity index (χ0v) is 9.84. The lowest BCUT2D eigenvalue weighted by atomic mass is 10.0. The number of nitrogen functional groups attached to an aromatic ring is 1. The molecule has 0 saturated heterocycles. The smallest absolute Gasteiger partial charge is 0.197 e. The van der Waals surface area contributed by atoms with E-state index in [2.05, 4.69) is 0 Å². The van der Waals surface area contributed by atoms with Gasteiger partial charge in [0, 0.05) is 17.3 Å². The van der Waals surface area contributed by atoms with Gasteiger partial charge < -0.3 is 5.73 Å². The molecular formula is C13H8ClF2NO. The second-order valence-electron chi connectivity index (χ2n) is 3.69. The van der Waals surface area contributed by atoms with E-state index >= 15 is 0 Å². The molecule has 0 saturated carbocycles. The predicted octanol–water partition coefficient (Wildman–Crippen LogP) is 3.43. The number of carbonyl (C=O) groups is 1. The summed E-state index contributed by atoms with van der Waals surface area (Å²) in [7, 11) is 0. The minimum absolute atomic E-state index is 0.0853. The van der Waals surface area contributed by atoms with Gasteiger partial charge in [-0.3, -0.25) is 4.79 Å². The molecule has 92 valence electrons. The normalized spacial score (nSPS) is 10.4. The van der Waals surface area contributed by atoms with Crippen molar-refractivity contribution in [3.05, 3.63) is 64.2 Å². The van der Waals surface area contributed by atoms with Gasteiger partial charge >= 0.3 is 0 Å². The van der Waals surface area contributed by atoms with E-state index in [0.29, 0.717) is 11.8 Å². The van der Waals surface area contributed by atoms with E-state index in [1.807, 2.05) is 0 Å². The summed E-state index contributed by atoms with van der Waals surface area (Å²) in [4.78, 5) is 12.0. The van der Waals surface area contributed by atoms with Gasteiger partial charge in [0.25, 0.3) is 0 Å². The molecule has 0 aliphatic rings. The molecule has 0 unspecified atom stereocenters. The average Bonchev–Trinajstić information content (AvgIpc) is 2.31. The Labute approximate surface area is 107 Å². The second-order valence-corrected chi connectivity index (χ2v) is 4.10. The number of halogens is 3. The third-order valence-electron chi connectivity index (χ3n) is 2.41. The average molecular weight is 268 g/mol. The Morgan fingerprint density at radius 1 is 1.06 bits per heavy atom. The lowest BCUT2D eigenvalue weighted by Crippen LogP contribution is -2.06. The number of hydrogen-bond acceptors (Lipinski definition) is 2. The van der Waals surface area contributed by atoms with E-state index in [1.54, 1.807) is 0 Å². The van der Waals surface area contributed by atoms with Gasteiger partial charge in [-0.1, -0.05) is 11.6 Å². The fourth-order valence-electron chi connectivity index (χ4n) is 1.54. The summed E-state index contributed by atoms with van der Waals surface area (Å²) in [5, 5.41) is 0.165. The Balaban J connectivity index is 2.51. The number of ketones is 1. The maximum atomic E-state index is 13.5. The van der Waals surface area contributed by atoms with Crippen molar-refractivity contribution in [1.29, 1.82) is 0 Å². The summed E-state index contributed by atoms with van der Waals surface area (Å²) < 4.78 is 26.2. The topological polar surface area (TPSA) is 43.1 Å². The summed E-state index contributed by atoms with van der Waals surface area (Å²) in [6.45, 7) is 0. The molecular weight excluding hydrogens is 260 g/mol. The first-order valence-corrected chi connectivity index (χ1v) is 5.41. The minimum atomic E-state index is -0.932. The molecule has 0 heterocycles. The van der Waals surface area contributed by atoms with Crippen molar-refractivity contribution in [1.82, 2.24) is 0 Å².